The van der Waals surface area contributed by atoms with Gasteiger partial charge in [0.15, 0.2) is 5.16 Å². The molecular formula is C22H18FN3O2S2. The van der Waals surface area contributed by atoms with Gasteiger partial charge in [0.25, 0.3) is 0 Å². The Bertz CT molecular complexity index is 1250. The second-order valence-corrected chi connectivity index (χ2v) is 9.14. The highest BCUT2D eigenvalue weighted by Gasteiger charge is 2.16. The first-order valence-electron chi connectivity index (χ1n) is 9.06. The second kappa shape index (κ2) is 8.43. The zero-order chi connectivity index (χ0) is 21.1. The number of nitrogens with two attached hydrogens (primary N) is 1. The van der Waals surface area contributed by atoms with E-state index in [1.807, 2.05) is 30.3 Å². The molecule has 0 saturated carbocycles. The molecule has 3 N–H and O–H groups in total. The normalized spacial score (nSPS) is 11.5. The lowest BCUT2D eigenvalue weighted by Gasteiger charge is -2.04. The summed E-state index contributed by atoms with van der Waals surface area (Å²) in [6, 6.07) is 22.4. The molecule has 0 unspecified atom stereocenters. The first kappa shape index (κ1) is 20.3. The van der Waals surface area contributed by atoms with Crippen LogP contribution in [0.3, 0.4) is 0 Å². The number of thioether (sulfide) groups is 1. The number of primary sulfonamides is 1. The van der Waals surface area contributed by atoms with Gasteiger partial charge in [-0.1, -0.05) is 54.2 Å². The summed E-state index contributed by atoms with van der Waals surface area (Å²) in [7, 11) is -3.78. The van der Waals surface area contributed by atoms with Crippen LogP contribution in [-0.4, -0.2) is 18.4 Å². The van der Waals surface area contributed by atoms with Crippen LogP contribution in [0, 0.1) is 5.82 Å². The van der Waals surface area contributed by atoms with Gasteiger partial charge in [-0.25, -0.2) is 22.9 Å². The van der Waals surface area contributed by atoms with Gasteiger partial charge in [-0.2, -0.15) is 0 Å². The molecule has 0 fully saturated rings. The molecule has 0 aliphatic rings. The van der Waals surface area contributed by atoms with Gasteiger partial charge < -0.3 is 4.98 Å². The third-order valence-electron chi connectivity index (χ3n) is 4.49. The van der Waals surface area contributed by atoms with Crippen LogP contribution in [0.2, 0.25) is 0 Å². The number of hydrogen-bond donors (Lipinski definition) is 2. The van der Waals surface area contributed by atoms with Gasteiger partial charge in [0.05, 0.1) is 16.3 Å². The zero-order valence-corrected chi connectivity index (χ0v) is 17.4. The molecule has 0 bridgehead atoms. The van der Waals surface area contributed by atoms with Gasteiger partial charge >= 0.3 is 0 Å². The predicted molar refractivity (Wildman–Crippen MR) is 117 cm³/mol. The van der Waals surface area contributed by atoms with Crippen molar-refractivity contribution in [2.75, 3.05) is 0 Å². The Hall–Kier alpha value is -2.94. The number of nitrogens with zero attached hydrogens (tertiary/aromatic N) is 1. The molecule has 0 atom stereocenters. The van der Waals surface area contributed by atoms with Crippen LogP contribution in [0.25, 0.3) is 22.5 Å². The maximum Gasteiger partial charge on any atom is 0.238 e. The Labute approximate surface area is 178 Å². The van der Waals surface area contributed by atoms with Crippen molar-refractivity contribution in [1.29, 1.82) is 0 Å². The van der Waals surface area contributed by atoms with Crippen molar-refractivity contribution in [2.24, 2.45) is 5.14 Å². The van der Waals surface area contributed by atoms with Crippen molar-refractivity contribution in [3.63, 3.8) is 0 Å². The van der Waals surface area contributed by atoms with Crippen molar-refractivity contribution in [2.45, 2.75) is 15.8 Å². The monoisotopic (exact) mass is 439 g/mol. The molecule has 0 saturated heterocycles. The summed E-state index contributed by atoms with van der Waals surface area (Å²) in [4.78, 5) is 8.07. The Kier molecular flexibility index (Phi) is 5.72. The summed E-state index contributed by atoms with van der Waals surface area (Å²) >= 11 is 1.55. The van der Waals surface area contributed by atoms with Crippen LogP contribution in [0.5, 0.6) is 0 Å². The fourth-order valence-electron chi connectivity index (χ4n) is 2.98. The maximum absolute atomic E-state index is 13.4. The molecule has 1 heterocycles. The second-order valence-electron chi connectivity index (χ2n) is 6.62. The van der Waals surface area contributed by atoms with Crippen LogP contribution in [0.1, 0.15) is 5.56 Å². The van der Waals surface area contributed by atoms with Crippen LogP contribution < -0.4 is 5.14 Å². The number of nitrogens with one attached hydrogen (secondary N) is 1. The van der Waals surface area contributed by atoms with Crippen LogP contribution >= 0.6 is 11.8 Å². The van der Waals surface area contributed by atoms with Crippen LogP contribution in [0.15, 0.2) is 88.9 Å². The lowest BCUT2D eigenvalue weighted by molar-refractivity contribution is 0.598. The molecule has 5 nitrogen and oxygen atoms in total. The number of imidazole rings is 1. The van der Waals surface area contributed by atoms with Crippen molar-refractivity contribution >= 4 is 21.8 Å². The summed E-state index contributed by atoms with van der Waals surface area (Å²) in [6.07, 6.45) is 0. The molecular weight excluding hydrogens is 421 g/mol. The molecule has 0 spiro atoms. The topological polar surface area (TPSA) is 88.8 Å². The minimum absolute atomic E-state index is 0.0313. The SMILES string of the molecule is NS(=O)(=O)c1ccc(-c2nc(SCc3ccccc3)[nH]c2-c2ccc(F)cc2)cc1. The third-order valence-corrected chi connectivity index (χ3v) is 6.36. The van der Waals surface area contributed by atoms with Crippen LogP contribution in [-0.2, 0) is 15.8 Å². The summed E-state index contributed by atoms with van der Waals surface area (Å²) in [6.45, 7) is 0. The van der Waals surface area contributed by atoms with Crippen molar-refractivity contribution in [3.8, 4) is 22.5 Å². The fourth-order valence-corrected chi connectivity index (χ4v) is 4.32. The summed E-state index contributed by atoms with van der Waals surface area (Å²) in [5, 5.41) is 5.90. The average Bonchev–Trinajstić information content (AvgIpc) is 3.17. The number of aromatic amines is 1. The molecule has 0 radical (unpaired) electrons. The van der Waals surface area contributed by atoms with E-state index in [0.717, 1.165) is 22.6 Å². The molecule has 152 valence electrons. The smallest absolute Gasteiger partial charge is 0.238 e. The number of halogens is 1. The minimum Gasteiger partial charge on any atom is -0.332 e. The van der Waals surface area contributed by atoms with Gasteiger partial charge in [-0.15, -0.1) is 0 Å². The molecule has 8 heteroatoms. The number of rotatable bonds is 6. The Morgan fingerprint density at radius 3 is 2.17 bits per heavy atom. The van der Waals surface area contributed by atoms with E-state index < -0.39 is 10.0 Å². The quantitative estimate of drug-likeness (QED) is 0.422. The summed E-state index contributed by atoms with van der Waals surface area (Å²) in [5.41, 5.74) is 4.05. The van der Waals surface area contributed by atoms with Crippen molar-refractivity contribution in [1.82, 2.24) is 9.97 Å². The van der Waals surface area contributed by atoms with Crippen LogP contribution in [0.4, 0.5) is 4.39 Å². The predicted octanol–water partition coefficient (Wildman–Crippen LogP) is 4.82. The number of benzene rings is 3. The molecule has 30 heavy (non-hydrogen) atoms. The molecule has 1 aromatic heterocycles. The number of sulfonamides is 1. The minimum atomic E-state index is -3.78. The highest BCUT2D eigenvalue weighted by molar-refractivity contribution is 7.98. The molecule has 4 aromatic rings. The van der Waals surface area contributed by atoms with E-state index >= 15 is 0 Å². The fraction of sp³-hybridized carbons (Fsp3) is 0.0455. The largest absolute Gasteiger partial charge is 0.332 e. The molecule has 0 aliphatic heterocycles. The van der Waals surface area contributed by atoms with Crippen molar-refractivity contribution < 1.29 is 12.8 Å². The number of aromatic nitrogens is 2. The van der Waals surface area contributed by atoms with Gasteiger partial charge in [-0.3, -0.25) is 0 Å². The van der Waals surface area contributed by atoms with E-state index in [9.17, 15) is 12.8 Å². The van der Waals surface area contributed by atoms with Crippen molar-refractivity contribution in [3.05, 3.63) is 90.2 Å². The van der Waals surface area contributed by atoms with E-state index in [1.54, 1.807) is 36.0 Å². The van der Waals surface area contributed by atoms with E-state index in [-0.39, 0.29) is 10.7 Å². The Balaban J connectivity index is 1.71. The maximum atomic E-state index is 13.4. The number of H-pyrrole nitrogens is 1. The van der Waals surface area contributed by atoms with Gasteiger partial charge in [0.2, 0.25) is 10.0 Å². The Morgan fingerprint density at radius 2 is 1.53 bits per heavy atom. The highest BCUT2D eigenvalue weighted by Crippen LogP contribution is 2.34. The zero-order valence-electron chi connectivity index (χ0n) is 15.7. The van der Waals surface area contributed by atoms with Gasteiger partial charge in [-0.05, 0) is 42.0 Å². The van der Waals surface area contributed by atoms with E-state index in [4.69, 9.17) is 10.1 Å². The standard InChI is InChI=1S/C22H18FN3O2S2/c23-18-10-6-16(7-11-18)20-21(17-8-12-19(13-9-17)30(24,27)28)26-22(25-20)29-14-15-4-2-1-3-5-15/h1-13H,14H2,(H,25,26)(H2,24,27,28). The summed E-state index contributed by atoms with van der Waals surface area (Å²) < 4.78 is 36.5. The Morgan fingerprint density at radius 1 is 0.900 bits per heavy atom. The van der Waals surface area contributed by atoms with Gasteiger partial charge in [0.1, 0.15) is 5.82 Å². The highest BCUT2D eigenvalue weighted by atomic mass is 32.2. The van der Waals surface area contributed by atoms with E-state index in [2.05, 4.69) is 4.98 Å². The number of hydrogen-bond acceptors (Lipinski definition) is 4. The lowest BCUT2D eigenvalue weighted by atomic mass is 10.1. The molecule has 0 amide bonds. The first-order valence-corrected chi connectivity index (χ1v) is 11.6. The van der Waals surface area contributed by atoms with Gasteiger partial charge in [0, 0.05) is 16.9 Å². The lowest BCUT2D eigenvalue weighted by Crippen LogP contribution is -2.11. The third kappa shape index (κ3) is 4.62. The molecule has 0 aliphatic carbocycles. The summed E-state index contributed by atoms with van der Waals surface area (Å²) in [5.74, 6) is 0.414. The van der Waals surface area contributed by atoms with E-state index in [0.29, 0.717) is 10.9 Å². The van der Waals surface area contributed by atoms with E-state index in [1.165, 1.54) is 29.8 Å². The molecule has 4 rings (SSSR count). The molecule has 3 aromatic carbocycles. The average molecular weight is 440 g/mol. The first-order chi connectivity index (χ1) is 14.4.